The predicted octanol–water partition coefficient (Wildman–Crippen LogP) is 2.27. The van der Waals surface area contributed by atoms with Crippen LogP contribution in [0.15, 0.2) is 30.3 Å². The summed E-state index contributed by atoms with van der Waals surface area (Å²) in [5, 5.41) is 13.5. The lowest BCUT2D eigenvalue weighted by Crippen LogP contribution is -2.52. The Balaban J connectivity index is 1.78. The average molecular weight is 320 g/mol. The molecular formula is C19H32N2O2. The van der Waals surface area contributed by atoms with E-state index in [0.29, 0.717) is 12.5 Å². The molecule has 1 heterocycles. The van der Waals surface area contributed by atoms with Crippen molar-refractivity contribution in [2.24, 2.45) is 5.92 Å². The smallest absolute Gasteiger partial charge is 0.0852 e. The largest absolute Gasteiger partial charge is 0.392 e. The van der Waals surface area contributed by atoms with E-state index in [-0.39, 0.29) is 18.2 Å². The first-order valence-corrected chi connectivity index (χ1v) is 8.89. The summed E-state index contributed by atoms with van der Waals surface area (Å²) in [6.07, 6.45) is 0.894. The SMILES string of the molecule is CCC(C)C(O)CNC(C)C1CN(Cc2ccccc2)CCO1. The van der Waals surface area contributed by atoms with Gasteiger partial charge in [0.1, 0.15) is 0 Å². The number of nitrogens with zero attached hydrogens (tertiary/aromatic N) is 1. The number of nitrogens with one attached hydrogen (secondary N) is 1. The summed E-state index contributed by atoms with van der Waals surface area (Å²) < 4.78 is 5.94. The minimum absolute atomic E-state index is 0.177. The van der Waals surface area contributed by atoms with Crippen molar-refractivity contribution in [3.8, 4) is 0 Å². The molecule has 0 bridgehead atoms. The molecule has 1 saturated heterocycles. The highest BCUT2D eigenvalue weighted by Crippen LogP contribution is 2.13. The van der Waals surface area contributed by atoms with Crippen molar-refractivity contribution in [3.05, 3.63) is 35.9 Å². The second kappa shape index (κ2) is 9.38. The number of ether oxygens (including phenoxy) is 1. The van der Waals surface area contributed by atoms with Crippen LogP contribution in [0.3, 0.4) is 0 Å². The maximum absolute atomic E-state index is 10.1. The molecule has 0 aromatic heterocycles. The molecule has 2 rings (SSSR count). The topological polar surface area (TPSA) is 44.7 Å². The van der Waals surface area contributed by atoms with Crippen LogP contribution in [-0.2, 0) is 11.3 Å². The van der Waals surface area contributed by atoms with Crippen molar-refractivity contribution in [1.82, 2.24) is 10.2 Å². The Kier molecular flexibility index (Phi) is 7.50. The van der Waals surface area contributed by atoms with E-state index in [1.165, 1.54) is 5.56 Å². The first kappa shape index (κ1) is 18.4. The molecule has 0 saturated carbocycles. The summed E-state index contributed by atoms with van der Waals surface area (Å²) in [6, 6.07) is 10.8. The summed E-state index contributed by atoms with van der Waals surface area (Å²) in [7, 11) is 0. The zero-order valence-electron chi connectivity index (χ0n) is 14.7. The highest BCUT2D eigenvalue weighted by molar-refractivity contribution is 5.14. The minimum Gasteiger partial charge on any atom is -0.392 e. The molecule has 4 unspecified atom stereocenters. The Hall–Kier alpha value is -0.940. The van der Waals surface area contributed by atoms with E-state index in [2.05, 4.69) is 61.3 Å². The van der Waals surface area contributed by atoms with Crippen LogP contribution >= 0.6 is 0 Å². The number of benzene rings is 1. The highest BCUT2D eigenvalue weighted by atomic mass is 16.5. The fourth-order valence-corrected chi connectivity index (χ4v) is 2.93. The number of aliphatic hydroxyl groups excluding tert-OH is 1. The molecule has 0 amide bonds. The monoisotopic (exact) mass is 320 g/mol. The van der Waals surface area contributed by atoms with E-state index >= 15 is 0 Å². The third-order valence-corrected chi connectivity index (χ3v) is 4.93. The number of aliphatic hydroxyl groups is 1. The average Bonchev–Trinajstić information content (AvgIpc) is 2.59. The normalized spacial score (nSPS) is 23.4. The van der Waals surface area contributed by atoms with Gasteiger partial charge in [-0.2, -0.15) is 0 Å². The molecule has 0 radical (unpaired) electrons. The van der Waals surface area contributed by atoms with Gasteiger partial charge in [-0.3, -0.25) is 4.90 Å². The van der Waals surface area contributed by atoms with Gasteiger partial charge in [-0.1, -0.05) is 50.6 Å². The summed E-state index contributed by atoms with van der Waals surface area (Å²) >= 11 is 0. The summed E-state index contributed by atoms with van der Waals surface area (Å²) in [5.74, 6) is 0.330. The molecule has 1 aliphatic rings. The fourth-order valence-electron chi connectivity index (χ4n) is 2.93. The Morgan fingerprint density at radius 3 is 2.74 bits per heavy atom. The van der Waals surface area contributed by atoms with Crippen LogP contribution in [0.2, 0.25) is 0 Å². The van der Waals surface area contributed by atoms with Crippen molar-refractivity contribution in [2.75, 3.05) is 26.2 Å². The second-order valence-electron chi connectivity index (χ2n) is 6.78. The van der Waals surface area contributed by atoms with Crippen molar-refractivity contribution >= 4 is 0 Å². The summed E-state index contributed by atoms with van der Waals surface area (Å²) in [6.45, 7) is 10.7. The number of hydrogen-bond acceptors (Lipinski definition) is 4. The van der Waals surface area contributed by atoms with Crippen molar-refractivity contribution < 1.29 is 9.84 Å². The molecule has 2 N–H and O–H groups in total. The fraction of sp³-hybridized carbons (Fsp3) is 0.684. The maximum atomic E-state index is 10.1. The van der Waals surface area contributed by atoms with E-state index in [0.717, 1.165) is 32.7 Å². The van der Waals surface area contributed by atoms with Gasteiger partial charge in [0, 0.05) is 32.2 Å². The highest BCUT2D eigenvalue weighted by Gasteiger charge is 2.26. The van der Waals surface area contributed by atoms with Crippen LogP contribution in [0.4, 0.5) is 0 Å². The van der Waals surface area contributed by atoms with Gasteiger partial charge in [0.2, 0.25) is 0 Å². The van der Waals surface area contributed by atoms with E-state index < -0.39 is 0 Å². The summed E-state index contributed by atoms with van der Waals surface area (Å²) in [4.78, 5) is 2.45. The number of morpholine rings is 1. The van der Waals surface area contributed by atoms with E-state index in [4.69, 9.17) is 4.74 Å². The zero-order valence-corrected chi connectivity index (χ0v) is 14.7. The van der Waals surface area contributed by atoms with Gasteiger partial charge in [0.05, 0.1) is 18.8 Å². The molecule has 0 spiro atoms. The Morgan fingerprint density at radius 2 is 2.04 bits per heavy atom. The van der Waals surface area contributed by atoms with Gasteiger partial charge in [-0.25, -0.2) is 0 Å². The predicted molar refractivity (Wildman–Crippen MR) is 94.4 cm³/mol. The molecule has 130 valence electrons. The third kappa shape index (κ3) is 5.88. The van der Waals surface area contributed by atoms with E-state index in [1.807, 2.05) is 0 Å². The maximum Gasteiger partial charge on any atom is 0.0852 e. The van der Waals surface area contributed by atoms with Gasteiger partial charge < -0.3 is 15.2 Å². The van der Waals surface area contributed by atoms with E-state index in [1.54, 1.807) is 0 Å². The number of hydrogen-bond donors (Lipinski definition) is 2. The molecule has 4 atom stereocenters. The standard InChI is InChI=1S/C19H32N2O2/c1-4-15(2)18(22)12-20-16(3)19-14-21(10-11-23-19)13-17-8-6-5-7-9-17/h5-9,15-16,18-20,22H,4,10-14H2,1-3H3. The molecule has 23 heavy (non-hydrogen) atoms. The second-order valence-corrected chi connectivity index (χ2v) is 6.78. The van der Waals surface area contributed by atoms with Gasteiger partial charge in [-0.05, 0) is 18.4 Å². The quantitative estimate of drug-likeness (QED) is 0.771. The molecule has 1 aliphatic heterocycles. The van der Waals surface area contributed by atoms with Crippen LogP contribution < -0.4 is 5.32 Å². The van der Waals surface area contributed by atoms with Crippen molar-refractivity contribution in [3.63, 3.8) is 0 Å². The molecule has 1 aromatic carbocycles. The zero-order chi connectivity index (χ0) is 16.7. The molecule has 0 aliphatic carbocycles. The van der Waals surface area contributed by atoms with Crippen molar-refractivity contribution in [1.29, 1.82) is 0 Å². The first-order chi connectivity index (χ1) is 11.1. The first-order valence-electron chi connectivity index (χ1n) is 8.89. The molecule has 4 nitrogen and oxygen atoms in total. The van der Waals surface area contributed by atoms with Gasteiger partial charge in [0.25, 0.3) is 0 Å². The lowest BCUT2D eigenvalue weighted by Gasteiger charge is -2.36. The van der Waals surface area contributed by atoms with Crippen LogP contribution in [-0.4, -0.2) is 54.5 Å². The summed E-state index contributed by atoms with van der Waals surface area (Å²) in [5.41, 5.74) is 1.35. The lowest BCUT2D eigenvalue weighted by atomic mass is 10.0. The van der Waals surface area contributed by atoms with E-state index in [9.17, 15) is 5.11 Å². The van der Waals surface area contributed by atoms with Crippen LogP contribution in [0.1, 0.15) is 32.8 Å². The Bertz CT molecular complexity index is 440. The molecular weight excluding hydrogens is 288 g/mol. The minimum atomic E-state index is -0.286. The number of rotatable bonds is 8. The van der Waals surface area contributed by atoms with Crippen LogP contribution in [0.25, 0.3) is 0 Å². The molecule has 1 fully saturated rings. The van der Waals surface area contributed by atoms with Crippen molar-refractivity contribution in [2.45, 2.75) is 52.0 Å². The van der Waals surface area contributed by atoms with Crippen LogP contribution in [0.5, 0.6) is 0 Å². The van der Waals surface area contributed by atoms with Gasteiger partial charge in [0.15, 0.2) is 0 Å². The molecule has 1 aromatic rings. The Labute approximate surface area is 140 Å². The van der Waals surface area contributed by atoms with Gasteiger partial charge >= 0.3 is 0 Å². The molecule has 4 heteroatoms. The van der Waals surface area contributed by atoms with Crippen LogP contribution in [0, 0.1) is 5.92 Å². The lowest BCUT2D eigenvalue weighted by molar-refractivity contribution is -0.0479. The van der Waals surface area contributed by atoms with Gasteiger partial charge in [-0.15, -0.1) is 0 Å². The Morgan fingerprint density at radius 1 is 1.30 bits per heavy atom. The third-order valence-electron chi connectivity index (χ3n) is 4.93.